The molecule has 5 nitrogen and oxygen atoms in total. The summed E-state index contributed by atoms with van der Waals surface area (Å²) in [5, 5.41) is 3.85. The zero-order chi connectivity index (χ0) is 17.7. The van der Waals surface area contributed by atoms with E-state index in [4.69, 9.17) is 4.74 Å². The second kappa shape index (κ2) is 8.13. The van der Waals surface area contributed by atoms with Crippen LogP contribution in [-0.4, -0.2) is 21.2 Å². The fraction of sp³-hybridized carbons (Fsp3) is 0.188. The number of hydrazone groups is 1. The summed E-state index contributed by atoms with van der Waals surface area (Å²) in [4.78, 5) is 2.37. The van der Waals surface area contributed by atoms with E-state index >= 15 is 0 Å². The fourth-order valence-corrected chi connectivity index (χ4v) is 4.07. The number of sulfonamides is 1. The van der Waals surface area contributed by atoms with Crippen LogP contribution in [0.15, 0.2) is 55.3 Å². The van der Waals surface area contributed by atoms with Crippen molar-refractivity contribution in [2.24, 2.45) is 5.10 Å². The van der Waals surface area contributed by atoms with Crippen LogP contribution in [0.4, 0.5) is 0 Å². The Hall–Kier alpha value is -1.38. The summed E-state index contributed by atoms with van der Waals surface area (Å²) in [6, 6.07) is 10.2. The average Bonchev–Trinajstić information content (AvgIpc) is 2.51. The van der Waals surface area contributed by atoms with Gasteiger partial charge in [0.25, 0.3) is 10.0 Å². The van der Waals surface area contributed by atoms with Gasteiger partial charge in [-0.05, 0) is 54.0 Å². The molecule has 0 aliphatic heterocycles. The normalized spacial score (nSPS) is 11.7. The van der Waals surface area contributed by atoms with Crippen LogP contribution in [0.2, 0.25) is 0 Å². The molecular formula is C16H16Br2N2O3S. The molecule has 1 N–H and O–H groups in total. The fourth-order valence-electron chi connectivity index (χ4n) is 1.91. The molecule has 2 rings (SSSR count). The topological polar surface area (TPSA) is 67.8 Å². The SMILES string of the molecule is CCOc1c(Br)cc(Br)cc1/C=N\NS(=O)(=O)c1ccc(C)cc1. The van der Waals surface area contributed by atoms with Gasteiger partial charge in [0.15, 0.2) is 0 Å². The third-order valence-electron chi connectivity index (χ3n) is 3.03. The third kappa shape index (κ3) is 4.81. The second-order valence-corrected chi connectivity index (χ2v) is 8.34. The van der Waals surface area contributed by atoms with E-state index in [1.807, 2.05) is 19.9 Å². The number of ether oxygens (including phenoxy) is 1. The van der Waals surface area contributed by atoms with Gasteiger partial charge in [0, 0.05) is 10.0 Å². The lowest BCUT2D eigenvalue weighted by Crippen LogP contribution is -2.18. The zero-order valence-corrected chi connectivity index (χ0v) is 17.1. The first-order valence-electron chi connectivity index (χ1n) is 7.07. The summed E-state index contributed by atoms with van der Waals surface area (Å²) in [7, 11) is -3.70. The van der Waals surface area contributed by atoms with Gasteiger partial charge in [-0.2, -0.15) is 13.5 Å². The lowest BCUT2D eigenvalue weighted by atomic mass is 10.2. The highest BCUT2D eigenvalue weighted by molar-refractivity contribution is 9.11. The van der Waals surface area contributed by atoms with Crippen molar-refractivity contribution in [2.45, 2.75) is 18.7 Å². The molecule has 0 fully saturated rings. The van der Waals surface area contributed by atoms with Gasteiger partial charge < -0.3 is 4.74 Å². The standard InChI is InChI=1S/C16H16Br2N2O3S/c1-3-23-16-12(8-13(17)9-15(16)18)10-19-20-24(21,22)14-6-4-11(2)5-7-14/h4-10,20H,3H2,1-2H3/b19-10-. The molecule has 128 valence electrons. The highest BCUT2D eigenvalue weighted by Gasteiger charge is 2.13. The van der Waals surface area contributed by atoms with Crippen molar-refractivity contribution in [3.05, 3.63) is 56.5 Å². The lowest BCUT2D eigenvalue weighted by molar-refractivity contribution is 0.337. The van der Waals surface area contributed by atoms with Crippen molar-refractivity contribution in [1.82, 2.24) is 4.83 Å². The van der Waals surface area contributed by atoms with Crippen molar-refractivity contribution in [1.29, 1.82) is 0 Å². The van der Waals surface area contributed by atoms with E-state index in [9.17, 15) is 8.42 Å². The smallest absolute Gasteiger partial charge is 0.276 e. The van der Waals surface area contributed by atoms with Crippen LogP contribution in [0, 0.1) is 6.92 Å². The molecule has 0 spiro atoms. The number of nitrogens with zero attached hydrogens (tertiary/aromatic N) is 1. The van der Waals surface area contributed by atoms with Gasteiger partial charge in [0.05, 0.1) is 22.2 Å². The van der Waals surface area contributed by atoms with E-state index in [1.165, 1.54) is 18.3 Å². The number of rotatable bonds is 6. The summed E-state index contributed by atoms with van der Waals surface area (Å²) < 4.78 is 31.5. The Morgan fingerprint density at radius 2 is 1.88 bits per heavy atom. The van der Waals surface area contributed by atoms with Crippen LogP contribution in [0.5, 0.6) is 5.75 Å². The van der Waals surface area contributed by atoms with Crippen LogP contribution >= 0.6 is 31.9 Å². The summed E-state index contributed by atoms with van der Waals surface area (Å²) in [5.74, 6) is 0.596. The lowest BCUT2D eigenvalue weighted by Gasteiger charge is -2.10. The minimum atomic E-state index is -3.70. The number of aryl methyl sites for hydroxylation is 1. The molecule has 0 heterocycles. The monoisotopic (exact) mass is 474 g/mol. The molecule has 0 saturated carbocycles. The number of benzene rings is 2. The molecule has 0 aliphatic carbocycles. The molecule has 2 aromatic rings. The first kappa shape index (κ1) is 19.0. The van der Waals surface area contributed by atoms with E-state index in [0.717, 1.165) is 14.5 Å². The highest BCUT2D eigenvalue weighted by Crippen LogP contribution is 2.32. The van der Waals surface area contributed by atoms with Crippen molar-refractivity contribution < 1.29 is 13.2 Å². The molecule has 8 heteroatoms. The molecule has 2 aromatic carbocycles. The maximum absolute atomic E-state index is 12.2. The van der Waals surface area contributed by atoms with Gasteiger partial charge in [-0.3, -0.25) is 0 Å². The quantitative estimate of drug-likeness (QED) is 0.502. The zero-order valence-electron chi connectivity index (χ0n) is 13.1. The highest BCUT2D eigenvalue weighted by atomic mass is 79.9. The molecular weight excluding hydrogens is 460 g/mol. The second-order valence-electron chi connectivity index (χ2n) is 4.90. The van der Waals surface area contributed by atoms with E-state index in [0.29, 0.717) is 17.9 Å². The van der Waals surface area contributed by atoms with E-state index in [2.05, 4.69) is 41.8 Å². The molecule has 0 saturated heterocycles. The van der Waals surface area contributed by atoms with E-state index < -0.39 is 10.0 Å². The predicted octanol–water partition coefficient (Wildman–Crippen LogP) is 4.23. The minimum absolute atomic E-state index is 0.158. The van der Waals surface area contributed by atoms with Crippen LogP contribution in [0.3, 0.4) is 0 Å². The molecule has 0 unspecified atom stereocenters. The summed E-state index contributed by atoms with van der Waals surface area (Å²) >= 11 is 6.81. The first-order valence-corrected chi connectivity index (χ1v) is 10.1. The van der Waals surface area contributed by atoms with Gasteiger partial charge >= 0.3 is 0 Å². The Kier molecular flexibility index (Phi) is 6.42. The van der Waals surface area contributed by atoms with Gasteiger partial charge in [-0.25, -0.2) is 4.83 Å². The Bertz CT molecular complexity index is 850. The van der Waals surface area contributed by atoms with Gasteiger partial charge in [-0.1, -0.05) is 33.6 Å². The Morgan fingerprint density at radius 1 is 1.21 bits per heavy atom. The van der Waals surface area contributed by atoms with Gasteiger partial charge in [0.1, 0.15) is 5.75 Å². The van der Waals surface area contributed by atoms with Crippen molar-refractivity contribution in [3.8, 4) is 5.75 Å². The molecule has 0 radical (unpaired) electrons. The van der Waals surface area contributed by atoms with Crippen molar-refractivity contribution >= 4 is 48.1 Å². The first-order chi connectivity index (χ1) is 11.3. The maximum Gasteiger partial charge on any atom is 0.276 e. The van der Waals surface area contributed by atoms with Crippen LogP contribution in [0.1, 0.15) is 18.1 Å². The summed E-state index contributed by atoms with van der Waals surface area (Å²) in [6.45, 7) is 4.24. The van der Waals surface area contributed by atoms with Crippen LogP contribution < -0.4 is 9.57 Å². The van der Waals surface area contributed by atoms with Crippen LogP contribution in [0.25, 0.3) is 0 Å². The van der Waals surface area contributed by atoms with Crippen molar-refractivity contribution in [2.75, 3.05) is 6.61 Å². The minimum Gasteiger partial charge on any atom is -0.492 e. The summed E-state index contributed by atoms with van der Waals surface area (Å²) in [5.41, 5.74) is 1.63. The average molecular weight is 476 g/mol. The number of hydrogen-bond donors (Lipinski definition) is 1. The third-order valence-corrected chi connectivity index (χ3v) is 5.32. The van der Waals surface area contributed by atoms with Crippen molar-refractivity contribution in [3.63, 3.8) is 0 Å². The Morgan fingerprint density at radius 3 is 2.50 bits per heavy atom. The molecule has 24 heavy (non-hydrogen) atoms. The summed E-state index contributed by atoms with van der Waals surface area (Å²) in [6.07, 6.45) is 1.41. The van der Waals surface area contributed by atoms with E-state index in [-0.39, 0.29) is 4.90 Å². The number of nitrogens with one attached hydrogen (secondary N) is 1. The maximum atomic E-state index is 12.2. The van der Waals surface area contributed by atoms with Gasteiger partial charge in [0.2, 0.25) is 0 Å². The van der Waals surface area contributed by atoms with Crippen LogP contribution in [-0.2, 0) is 10.0 Å². The molecule has 0 bridgehead atoms. The van der Waals surface area contributed by atoms with E-state index in [1.54, 1.807) is 18.2 Å². The molecule has 0 amide bonds. The number of hydrogen-bond acceptors (Lipinski definition) is 4. The molecule has 0 atom stereocenters. The molecule has 0 aliphatic rings. The largest absolute Gasteiger partial charge is 0.492 e. The van der Waals surface area contributed by atoms with Gasteiger partial charge in [-0.15, -0.1) is 0 Å². The number of halogens is 2. The predicted molar refractivity (Wildman–Crippen MR) is 102 cm³/mol. The molecule has 0 aromatic heterocycles. The Labute approximate surface area is 158 Å². The Balaban J connectivity index is 2.24.